The highest BCUT2D eigenvalue weighted by molar-refractivity contribution is 8.00. The van der Waals surface area contributed by atoms with E-state index in [1.54, 1.807) is 102 Å². The third kappa shape index (κ3) is 25.8. The smallest absolute Gasteiger partial charge is 0.245 e. The molecule has 33 nitrogen and oxygen atoms in total. The minimum absolute atomic E-state index is 0.0362. The van der Waals surface area contributed by atoms with Gasteiger partial charge in [-0.3, -0.25) is 67.1 Å². The molecular formula is C77H106N18O15S. The van der Waals surface area contributed by atoms with E-state index in [9.17, 15) is 62.6 Å². The second kappa shape index (κ2) is 42.8. The zero-order chi connectivity index (χ0) is 81.0. The number of thioether (sulfide) groups is 1. The van der Waals surface area contributed by atoms with Gasteiger partial charge in [0.15, 0.2) is 0 Å². The normalized spacial score (nSPS) is 23.4. The number of para-hydroxylation sites is 2. The summed E-state index contributed by atoms with van der Waals surface area (Å²) in [4.78, 5) is 207. The number of nitrogens with one attached hydrogen (secondary N) is 14. The average Bonchev–Trinajstić information content (AvgIpc) is 1.74. The maximum absolute atomic E-state index is 15.0. The van der Waals surface area contributed by atoms with Crippen LogP contribution in [-0.2, 0) is 86.4 Å². The lowest BCUT2D eigenvalue weighted by Crippen LogP contribution is -2.62. The molecule has 1 aliphatic heterocycles. The van der Waals surface area contributed by atoms with Gasteiger partial charge in [-0.25, -0.2) is 0 Å². The summed E-state index contributed by atoms with van der Waals surface area (Å²) in [6.45, 7) is 8.37. The molecule has 1 fully saturated rings. The van der Waals surface area contributed by atoms with Crippen LogP contribution in [0.5, 0.6) is 0 Å². The monoisotopic (exact) mass is 1550 g/mol. The maximum Gasteiger partial charge on any atom is 0.245 e. The molecule has 2 aromatic heterocycles. The number of aromatic amines is 2. The molecular weight excluding hydrogens is 1450 g/mol. The van der Waals surface area contributed by atoms with E-state index in [0.29, 0.717) is 51.3 Å². The Morgan fingerprint density at radius 3 is 1.42 bits per heavy atom. The van der Waals surface area contributed by atoms with Gasteiger partial charge in [0.25, 0.3) is 0 Å². The summed E-state index contributed by atoms with van der Waals surface area (Å²) in [6.07, 6.45) is 3.28. The van der Waals surface area contributed by atoms with Gasteiger partial charge < -0.3 is 102 Å². The van der Waals surface area contributed by atoms with Crippen molar-refractivity contribution in [3.05, 3.63) is 120 Å². The summed E-state index contributed by atoms with van der Waals surface area (Å²) in [7, 11) is 0. The van der Waals surface area contributed by atoms with Gasteiger partial charge in [0.2, 0.25) is 82.7 Å². The molecule has 0 aliphatic carbocycles. The first-order chi connectivity index (χ1) is 53.0. The molecule has 0 radical (unpaired) electrons. The number of amides is 14. The van der Waals surface area contributed by atoms with Crippen LogP contribution in [-0.4, -0.2) is 202 Å². The standard InChI is InChI=1S/C77H106N18O15S/c1-7-43(6)66-77(110)91-59(38-96)68(101)84-37-62(98)85-53(24-14-16-28-78)69(102)90-58(34-61(80)97)71(104)89-57(33-48-36-83-52-23-13-11-21-50(48)52)74(107)93-64(41(2)3)75(108)87-54(25-15-17-29-79)70(103)88-56(32-47-35-82-51-22-12-10-20-49(47)51)73(106)94-65(42(4)5)76(109)92-60(67(81)100)39-111-40-63(99)86-55(72(105)95-66)31-44-26-27-45-18-8-9-19-46(45)30-44/h8-13,18-23,26-27,30,35-36,41-43,53-60,64-66,82-83,96H,7,14-17,24-25,28-29,31-34,37-40,78-79H2,1-6H3,(H2,80,97)(H2,81,100)(H,84,101)(H,85,98)(H,86,99)(H,87,108)(H,88,103)(H,89,104)(H,90,102)(H,91,110)(H,92,109)(H,93,107)(H,94,106)(H,95,105)/t43-,53-,54-,55-,56-,57+,58-,59-,60-,64+,65-,66-/m0/s1. The number of carbonyl (C=O) groups excluding carboxylic acids is 14. The minimum Gasteiger partial charge on any atom is -0.394 e. The van der Waals surface area contributed by atoms with Crippen molar-refractivity contribution in [2.75, 3.05) is 37.7 Å². The quantitative estimate of drug-likeness (QED) is 0.0362. The number of carbonyl (C=O) groups is 14. The van der Waals surface area contributed by atoms with Gasteiger partial charge in [0.1, 0.15) is 66.5 Å². The number of aromatic nitrogens is 2. The number of hydrogen-bond donors (Lipinski definition) is 19. The molecule has 0 bridgehead atoms. The Labute approximate surface area is 647 Å². The number of aliphatic hydroxyl groups is 1. The third-order valence-electron chi connectivity index (χ3n) is 19.3. The van der Waals surface area contributed by atoms with Crippen LogP contribution < -0.4 is 86.7 Å². The second-order valence-electron chi connectivity index (χ2n) is 28.5. The van der Waals surface area contributed by atoms with Crippen LogP contribution in [0.15, 0.2) is 103 Å². The largest absolute Gasteiger partial charge is 0.394 e. The molecule has 3 heterocycles. The highest BCUT2D eigenvalue weighted by atomic mass is 32.2. The number of fused-ring (bicyclic) bond motifs is 3. The van der Waals surface area contributed by atoms with Crippen molar-refractivity contribution in [1.29, 1.82) is 0 Å². The number of rotatable bonds is 22. The van der Waals surface area contributed by atoms with Gasteiger partial charge >= 0.3 is 0 Å². The highest BCUT2D eigenvalue weighted by Crippen LogP contribution is 2.24. The lowest BCUT2D eigenvalue weighted by molar-refractivity contribution is -0.137. The van der Waals surface area contributed by atoms with Crippen molar-refractivity contribution >= 4 is 127 Å². The van der Waals surface area contributed by atoms with Gasteiger partial charge in [0.05, 0.1) is 25.3 Å². The van der Waals surface area contributed by atoms with Gasteiger partial charge in [-0.05, 0) is 109 Å². The van der Waals surface area contributed by atoms with Crippen LogP contribution in [0.1, 0.15) is 110 Å². The van der Waals surface area contributed by atoms with Crippen LogP contribution in [0.25, 0.3) is 32.6 Å². The van der Waals surface area contributed by atoms with Crippen molar-refractivity contribution in [3.63, 3.8) is 0 Å². The zero-order valence-corrected chi connectivity index (χ0v) is 64.1. The highest BCUT2D eigenvalue weighted by Gasteiger charge is 2.39. The maximum atomic E-state index is 15.0. The van der Waals surface area contributed by atoms with E-state index in [1.807, 2.05) is 42.5 Å². The molecule has 1 saturated heterocycles. The number of primary amides is 2. The predicted octanol–water partition coefficient (Wildman–Crippen LogP) is -1.00. The second-order valence-corrected chi connectivity index (χ2v) is 29.5. The molecule has 4 aromatic carbocycles. The third-order valence-corrected chi connectivity index (χ3v) is 20.3. The summed E-state index contributed by atoms with van der Waals surface area (Å²) in [6, 6.07) is 10.5. The molecule has 14 amide bonds. The molecule has 0 saturated carbocycles. The van der Waals surface area contributed by atoms with E-state index in [4.69, 9.17) is 22.9 Å². The van der Waals surface area contributed by atoms with Gasteiger partial charge in [-0.2, -0.15) is 0 Å². The Balaban J connectivity index is 1.26. The lowest BCUT2D eigenvalue weighted by atomic mass is 9.96. The topological polar surface area (TPSA) is 539 Å². The Hall–Kier alpha value is -11.0. The molecule has 1 aliphatic rings. The van der Waals surface area contributed by atoms with Crippen LogP contribution in [0.3, 0.4) is 0 Å². The van der Waals surface area contributed by atoms with E-state index < -0.39 is 192 Å². The van der Waals surface area contributed by atoms with E-state index in [1.165, 1.54) is 0 Å². The predicted molar refractivity (Wildman–Crippen MR) is 418 cm³/mol. The number of H-pyrrole nitrogens is 2. The van der Waals surface area contributed by atoms with Crippen LogP contribution in [0.4, 0.5) is 0 Å². The van der Waals surface area contributed by atoms with Gasteiger partial charge in [-0.1, -0.05) is 127 Å². The molecule has 6 aromatic rings. The van der Waals surface area contributed by atoms with Crippen molar-refractivity contribution < 1.29 is 72.2 Å². The van der Waals surface area contributed by atoms with Gasteiger partial charge in [0, 0.05) is 59.2 Å². The van der Waals surface area contributed by atoms with Crippen LogP contribution in [0, 0.1) is 17.8 Å². The van der Waals surface area contributed by atoms with E-state index in [2.05, 4.69) is 73.8 Å². The number of aliphatic hydroxyl groups excluding tert-OH is 1. The van der Waals surface area contributed by atoms with E-state index in [0.717, 1.165) is 22.5 Å². The van der Waals surface area contributed by atoms with Crippen molar-refractivity contribution in [2.45, 2.75) is 179 Å². The summed E-state index contributed by atoms with van der Waals surface area (Å²) in [5.74, 6) is -15.9. The summed E-state index contributed by atoms with van der Waals surface area (Å²) < 4.78 is 0. The average molecular weight is 1560 g/mol. The summed E-state index contributed by atoms with van der Waals surface area (Å²) in [5, 5.41) is 45.2. The number of benzene rings is 4. The minimum atomic E-state index is -1.81. The molecule has 0 spiro atoms. The SMILES string of the molecule is CC[C@H](C)[C@@H]1NC(=O)[C@H](Cc2ccc3ccccc3c2)NC(=O)CSC[C@@H](C(N)=O)NC(=O)[C@H](C(C)C)NC(=O)[C@H](Cc2c[nH]c3ccccc23)NC(=O)[C@H](CCCCN)NC(=O)[C@@H](C(C)C)NC(=O)[C@@H](Cc2c[nH]c3ccccc23)NC(=O)[C@H](CC(N)=O)NC(=O)[C@H](CCCCN)NC(=O)CNC(=O)[C@H](CO)NC1=O. The van der Waals surface area contributed by atoms with Gasteiger partial charge in [-0.15, -0.1) is 11.8 Å². The molecule has 34 heteroatoms. The molecule has 12 atom stereocenters. The zero-order valence-electron chi connectivity index (χ0n) is 63.3. The van der Waals surface area contributed by atoms with Crippen LogP contribution in [0.2, 0.25) is 0 Å². The molecule has 600 valence electrons. The van der Waals surface area contributed by atoms with E-state index in [-0.39, 0.29) is 70.2 Å². The van der Waals surface area contributed by atoms with Crippen molar-refractivity contribution in [3.8, 4) is 0 Å². The number of hydrogen-bond acceptors (Lipinski definition) is 18. The molecule has 7 rings (SSSR count). The Kier molecular flexibility index (Phi) is 33.7. The Morgan fingerprint density at radius 2 is 0.910 bits per heavy atom. The Bertz CT molecular complexity index is 4280. The fourth-order valence-corrected chi connectivity index (χ4v) is 13.6. The fraction of sp³-hybridized carbons (Fsp3) is 0.481. The van der Waals surface area contributed by atoms with E-state index >= 15 is 9.59 Å². The first-order valence-corrected chi connectivity index (χ1v) is 38.5. The fourth-order valence-electron chi connectivity index (χ4n) is 12.8. The summed E-state index contributed by atoms with van der Waals surface area (Å²) >= 11 is 0.873. The number of unbranched alkanes of at least 4 members (excludes halogenated alkanes) is 2. The summed E-state index contributed by atoms with van der Waals surface area (Å²) in [5.41, 5.74) is 26.4. The molecule has 0 unspecified atom stereocenters. The molecule has 23 N–H and O–H groups in total. The lowest BCUT2D eigenvalue weighted by Gasteiger charge is -2.29. The van der Waals surface area contributed by atoms with Crippen LogP contribution >= 0.6 is 11.8 Å². The van der Waals surface area contributed by atoms with Crippen molar-refractivity contribution in [1.82, 2.24) is 73.8 Å². The number of nitrogens with two attached hydrogens (primary N) is 4. The molecule has 111 heavy (non-hydrogen) atoms. The van der Waals surface area contributed by atoms with Crippen molar-refractivity contribution in [2.24, 2.45) is 40.7 Å². The Morgan fingerprint density at radius 1 is 0.468 bits per heavy atom. The first-order valence-electron chi connectivity index (χ1n) is 37.4. The first kappa shape index (κ1) is 87.3.